The molecule has 0 saturated heterocycles. The van der Waals surface area contributed by atoms with Crippen LogP contribution in [0.25, 0.3) is 0 Å². The molecule has 0 aliphatic rings. The van der Waals surface area contributed by atoms with Crippen LogP contribution in [0.15, 0.2) is 18.2 Å². The molecule has 1 unspecified atom stereocenters. The molecule has 88 valence electrons. The summed E-state index contributed by atoms with van der Waals surface area (Å²) in [6.07, 6.45) is 0.259. The summed E-state index contributed by atoms with van der Waals surface area (Å²) in [5, 5.41) is 9.47. The predicted molar refractivity (Wildman–Crippen MR) is 61.0 cm³/mol. The van der Waals surface area contributed by atoms with Gasteiger partial charge in [0.05, 0.1) is 5.02 Å². The standard InChI is InChI=1S/C12H14ClFO2/c1-2-3-11(15)12(16)7-8-4-5-9(13)10(14)6-8/h4-6,11,15H,2-3,7H2,1H3. The van der Waals surface area contributed by atoms with Crippen LogP contribution in [0.5, 0.6) is 0 Å². The van der Waals surface area contributed by atoms with Gasteiger partial charge in [-0.2, -0.15) is 0 Å². The number of hydrogen-bond acceptors (Lipinski definition) is 2. The predicted octanol–water partition coefficient (Wildman–Crippen LogP) is 2.75. The van der Waals surface area contributed by atoms with Crippen LogP contribution in [-0.4, -0.2) is 17.0 Å². The first kappa shape index (κ1) is 13.1. The van der Waals surface area contributed by atoms with Crippen LogP contribution in [-0.2, 0) is 11.2 Å². The fourth-order valence-electron chi connectivity index (χ4n) is 1.40. The zero-order chi connectivity index (χ0) is 12.1. The third-order valence-electron chi connectivity index (χ3n) is 2.30. The number of carbonyl (C=O) groups is 1. The summed E-state index contributed by atoms with van der Waals surface area (Å²) in [7, 11) is 0. The smallest absolute Gasteiger partial charge is 0.165 e. The number of Topliss-reactive ketones (excluding diaryl/α,β-unsaturated/α-hetero) is 1. The Kier molecular flexibility index (Phi) is 4.90. The Balaban J connectivity index is 2.66. The molecule has 1 atom stereocenters. The second kappa shape index (κ2) is 5.97. The van der Waals surface area contributed by atoms with E-state index in [1.54, 1.807) is 6.07 Å². The van der Waals surface area contributed by atoms with Crippen molar-refractivity contribution in [2.45, 2.75) is 32.3 Å². The average molecular weight is 245 g/mol. The van der Waals surface area contributed by atoms with Gasteiger partial charge in [0.2, 0.25) is 0 Å². The maximum absolute atomic E-state index is 13.1. The first-order valence-corrected chi connectivity index (χ1v) is 5.57. The van der Waals surface area contributed by atoms with E-state index < -0.39 is 11.9 Å². The zero-order valence-corrected chi connectivity index (χ0v) is 9.80. The van der Waals surface area contributed by atoms with Gasteiger partial charge >= 0.3 is 0 Å². The summed E-state index contributed by atoms with van der Waals surface area (Å²) in [5.41, 5.74) is 0.530. The number of benzene rings is 1. The number of aliphatic hydroxyl groups excluding tert-OH is 1. The Morgan fingerprint density at radius 2 is 2.25 bits per heavy atom. The monoisotopic (exact) mass is 244 g/mol. The van der Waals surface area contributed by atoms with Crippen molar-refractivity contribution in [1.82, 2.24) is 0 Å². The lowest BCUT2D eigenvalue weighted by molar-refractivity contribution is -0.126. The minimum absolute atomic E-state index is 0.0327. The molecule has 1 aromatic carbocycles. The lowest BCUT2D eigenvalue weighted by atomic mass is 10.0. The molecule has 2 nitrogen and oxygen atoms in total. The largest absolute Gasteiger partial charge is 0.385 e. The van der Waals surface area contributed by atoms with E-state index in [0.29, 0.717) is 12.0 Å². The van der Waals surface area contributed by atoms with Gasteiger partial charge in [0.25, 0.3) is 0 Å². The number of hydrogen-bond donors (Lipinski definition) is 1. The van der Waals surface area contributed by atoms with Crippen molar-refractivity contribution >= 4 is 17.4 Å². The molecule has 0 aromatic heterocycles. The molecule has 0 spiro atoms. The maximum Gasteiger partial charge on any atom is 0.165 e. The van der Waals surface area contributed by atoms with Crippen LogP contribution in [0.3, 0.4) is 0 Å². The maximum atomic E-state index is 13.1. The highest BCUT2D eigenvalue weighted by Crippen LogP contribution is 2.16. The van der Waals surface area contributed by atoms with Gasteiger partial charge in [-0.25, -0.2) is 4.39 Å². The van der Waals surface area contributed by atoms with E-state index in [9.17, 15) is 14.3 Å². The fourth-order valence-corrected chi connectivity index (χ4v) is 1.52. The summed E-state index contributed by atoms with van der Waals surface area (Å²) < 4.78 is 13.1. The summed E-state index contributed by atoms with van der Waals surface area (Å²) in [4.78, 5) is 11.5. The lowest BCUT2D eigenvalue weighted by Crippen LogP contribution is -2.21. The molecule has 0 saturated carbocycles. The number of ketones is 1. The van der Waals surface area contributed by atoms with Gasteiger partial charge in [-0.1, -0.05) is 31.0 Å². The number of aliphatic hydroxyl groups is 1. The van der Waals surface area contributed by atoms with Crippen molar-refractivity contribution in [3.05, 3.63) is 34.6 Å². The van der Waals surface area contributed by atoms with Gasteiger partial charge in [0.1, 0.15) is 11.9 Å². The van der Waals surface area contributed by atoms with Crippen molar-refractivity contribution in [2.75, 3.05) is 0 Å². The first-order valence-electron chi connectivity index (χ1n) is 5.19. The second-order valence-corrected chi connectivity index (χ2v) is 4.10. The molecule has 0 amide bonds. The molecule has 0 bridgehead atoms. The minimum atomic E-state index is -0.955. The van der Waals surface area contributed by atoms with Gasteiger partial charge < -0.3 is 5.11 Å². The third kappa shape index (κ3) is 3.58. The van der Waals surface area contributed by atoms with Gasteiger partial charge in [0, 0.05) is 6.42 Å². The van der Waals surface area contributed by atoms with E-state index in [0.717, 1.165) is 6.42 Å². The topological polar surface area (TPSA) is 37.3 Å². The first-order chi connectivity index (χ1) is 7.54. The SMILES string of the molecule is CCCC(O)C(=O)Cc1ccc(Cl)c(F)c1. The van der Waals surface area contributed by atoms with Crippen LogP contribution < -0.4 is 0 Å². The van der Waals surface area contributed by atoms with Crippen molar-refractivity contribution in [1.29, 1.82) is 0 Å². The molecule has 1 aromatic rings. The number of halogens is 2. The molecular weight excluding hydrogens is 231 g/mol. The molecule has 4 heteroatoms. The Bertz CT molecular complexity index is 379. The summed E-state index contributed by atoms with van der Waals surface area (Å²) in [5.74, 6) is -0.833. The van der Waals surface area contributed by atoms with E-state index in [4.69, 9.17) is 11.6 Å². The third-order valence-corrected chi connectivity index (χ3v) is 2.60. The van der Waals surface area contributed by atoms with Crippen LogP contribution in [0.2, 0.25) is 5.02 Å². The van der Waals surface area contributed by atoms with E-state index in [-0.39, 0.29) is 17.2 Å². The average Bonchev–Trinajstić information content (AvgIpc) is 2.24. The summed E-state index contributed by atoms with van der Waals surface area (Å²) >= 11 is 5.52. The van der Waals surface area contributed by atoms with Gasteiger partial charge in [-0.05, 0) is 24.1 Å². The molecule has 0 fully saturated rings. The Morgan fingerprint density at radius 1 is 1.56 bits per heavy atom. The Labute approximate surface area is 99.0 Å². The lowest BCUT2D eigenvalue weighted by Gasteiger charge is -2.08. The molecule has 16 heavy (non-hydrogen) atoms. The highest BCUT2D eigenvalue weighted by Gasteiger charge is 2.14. The zero-order valence-electron chi connectivity index (χ0n) is 9.04. The summed E-state index contributed by atoms with van der Waals surface area (Å²) in [6, 6.07) is 4.21. The van der Waals surface area contributed by atoms with E-state index >= 15 is 0 Å². The van der Waals surface area contributed by atoms with Gasteiger partial charge in [0.15, 0.2) is 5.78 Å². The van der Waals surface area contributed by atoms with Crippen LogP contribution in [0.1, 0.15) is 25.3 Å². The molecule has 0 radical (unpaired) electrons. The van der Waals surface area contributed by atoms with Crippen molar-refractivity contribution in [2.24, 2.45) is 0 Å². The fraction of sp³-hybridized carbons (Fsp3) is 0.417. The van der Waals surface area contributed by atoms with Crippen molar-refractivity contribution in [3.63, 3.8) is 0 Å². The van der Waals surface area contributed by atoms with Gasteiger partial charge in [-0.15, -0.1) is 0 Å². The van der Waals surface area contributed by atoms with Crippen molar-refractivity contribution < 1.29 is 14.3 Å². The molecular formula is C12H14ClFO2. The molecule has 0 aliphatic heterocycles. The summed E-state index contributed by atoms with van der Waals surface area (Å²) in [6.45, 7) is 1.89. The normalized spacial score (nSPS) is 12.5. The van der Waals surface area contributed by atoms with E-state index in [1.807, 2.05) is 6.92 Å². The minimum Gasteiger partial charge on any atom is -0.385 e. The number of carbonyl (C=O) groups excluding carboxylic acids is 1. The van der Waals surface area contributed by atoms with Gasteiger partial charge in [-0.3, -0.25) is 4.79 Å². The van der Waals surface area contributed by atoms with Crippen LogP contribution in [0, 0.1) is 5.82 Å². The van der Waals surface area contributed by atoms with E-state index in [1.165, 1.54) is 12.1 Å². The highest BCUT2D eigenvalue weighted by atomic mass is 35.5. The highest BCUT2D eigenvalue weighted by molar-refractivity contribution is 6.30. The van der Waals surface area contributed by atoms with Crippen LogP contribution in [0.4, 0.5) is 4.39 Å². The van der Waals surface area contributed by atoms with Crippen LogP contribution >= 0.6 is 11.6 Å². The Morgan fingerprint density at radius 3 is 2.81 bits per heavy atom. The Hall–Kier alpha value is -0.930. The van der Waals surface area contributed by atoms with Crippen molar-refractivity contribution in [3.8, 4) is 0 Å². The molecule has 0 heterocycles. The molecule has 0 aliphatic carbocycles. The quantitative estimate of drug-likeness (QED) is 0.865. The molecule has 1 rings (SSSR count). The second-order valence-electron chi connectivity index (χ2n) is 3.70. The number of rotatable bonds is 5. The van der Waals surface area contributed by atoms with E-state index in [2.05, 4.69) is 0 Å². The molecule has 1 N–H and O–H groups in total.